The van der Waals surface area contributed by atoms with E-state index in [1.165, 1.54) is 4.31 Å². The van der Waals surface area contributed by atoms with Crippen LogP contribution in [0.4, 0.5) is 5.69 Å². The summed E-state index contributed by atoms with van der Waals surface area (Å²) in [5, 5.41) is 0. The minimum Gasteiger partial charge on any atom is -0.454 e. The van der Waals surface area contributed by atoms with Crippen molar-refractivity contribution in [3.8, 4) is 11.5 Å². The third-order valence-electron chi connectivity index (χ3n) is 6.27. The van der Waals surface area contributed by atoms with Gasteiger partial charge >= 0.3 is 0 Å². The van der Waals surface area contributed by atoms with Crippen LogP contribution in [0.1, 0.15) is 5.56 Å². The third kappa shape index (κ3) is 5.35. The second kappa shape index (κ2) is 10.5. The Morgan fingerprint density at radius 2 is 1.64 bits per heavy atom. The predicted molar refractivity (Wildman–Crippen MR) is 140 cm³/mol. The van der Waals surface area contributed by atoms with E-state index in [-0.39, 0.29) is 24.1 Å². The first-order valence-corrected chi connectivity index (χ1v) is 13.9. The number of benzene rings is 3. The zero-order chi connectivity index (χ0) is 25.1. The Balaban J connectivity index is 1.26. The van der Waals surface area contributed by atoms with E-state index in [0.29, 0.717) is 31.9 Å². The van der Waals surface area contributed by atoms with Crippen LogP contribution in [0.25, 0.3) is 0 Å². The number of ether oxygens (including phenoxy) is 2. The lowest BCUT2D eigenvalue weighted by molar-refractivity contribution is -0.131. The normalized spacial score (nSPS) is 15.6. The molecular formula is C26H26BrN3O5S. The molecule has 3 aromatic rings. The minimum atomic E-state index is -3.93. The van der Waals surface area contributed by atoms with Gasteiger partial charge in [0.25, 0.3) is 10.0 Å². The second-order valence-electron chi connectivity index (χ2n) is 8.65. The SMILES string of the molecule is O=C(CN(c1cccc(Br)c1)S(=O)(=O)c1ccccc1)N1CCN(Cc2ccc3c(c2)OCO3)CC1. The standard InChI is InChI=1S/C26H26BrN3O5S/c27-21-5-4-6-22(16-21)30(36(32,33)23-7-2-1-3-8-23)18-26(31)29-13-11-28(12-14-29)17-20-9-10-24-25(15-20)35-19-34-24/h1-10,15-16H,11-14,17-19H2. The maximum atomic E-state index is 13.5. The fourth-order valence-electron chi connectivity index (χ4n) is 4.34. The number of rotatable bonds is 7. The molecule has 36 heavy (non-hydrogen) atoms. The van der Waals surface area contributed by atoms with E-state index in [1.807, 2.05) is 24.3 Å². The van der Waals surface area contributed by atoms with Crippen LogP contribution in [0.2, 0.25) is 0 Å². The molecule has 8 nitrogen and oxygen atoms in total. The Kier molecular flexibility index (Phi) is 7.17. The van der Waals surface area contributed by atoms with Gasteiger partial charge in [-0.3, -0.25) is 14.0 Å². The van der Waals surface area contributed by atoms with Crippen LogP contribution in [0.15, 0.2) is 82.2 Å². The zero-order valence-corrected chi connectivity index (χ0v) is 21.9. The van der Waals surface area contributed by atoms with Crippen LogP contribution in [0, 0.1) is 0 Å². The van der Waals surface area contributed by atoms with Crippen LogP contribution in [0.3, 0.4) is 0 Å². The van der Waals surface area contributed by atoms with Gasteiger partial charge in [0.05, 0.1) is 10.6 Å². The van der Waals surface area contributed by atoms with Gasteiger partial charge in [-0.15, -0.1) is 0 Å². The Labute approximate surface area is 219 Å². The molecule has 1 saturated heterocycles. The van der Waals surface area contributed by atoms with E-state index in [2.05, 4.69) is 20.8 Å². The molecule has 0 bridgehead atoms. The molecule has 5 rings (SSSR count). The smallest absolute Gasteiger partial charge is 0.264 e. The Bertz CT molecular complexity index is 1340. The van der Waals surface area contributed by atoms with E-state index in [9.17, 15) is 13.2 Å². The highest BCUT2D eigenvalue weighted by molar-refractivity contribution is 9.10. The molecule has 2 aliphatic heterocycles. The van der Waals surface area contributed by atoms with Crippen molar-refractivity contribution in [2.24, 2.45) is 0 Å². The first-order chi connectivity index (χ1) is 17.4. The molecular weight excluding hydrogens is 546 g/mol. The molecule has 1 fully saturated rings. The number of anilines is 1. The first-order valence-electron chi connectivity index (χ1n) is 11.6. The summed E-state index contributed by atoms with van der Waals surface area (Å²) in [6.45, 7) is 3.17. The van der Waals surface area contributed by atoms with Crippen molar-refractivity contribution in [2.75, 3.05) is 43.8 Å². The molecule has 0 N–H and O–H groups in total. The van der Waals surface area contributed by atoms with Crippen LogP contribution in [-0.2, 0) is 21.4 Å². The number of halogens is 1. The highest BCUT2D eigenvalue weighted by Gasteiger charge is 2.30. The predicted octanol–water partition coefficient (Wildman–Crippen LogP) is 3.72. The molecule has 0 unspecified atom stereocenters. The van der Waals surface area contributed by atoms with E-state index >= 15 is 0 Å². The highest BCUT2D eigenvalue weighted by Crippen LogP contribution is 2.33. The summed E-state index contributed by atoms with van der Waals surface area (Å²) in [5.74, 6) is 1.29. The van der Waals surface area contributed by atoms with Crippen molar-refractivity contribution in [2.45, 2.75) is 11.4 Å². The summed E-state index contributed by atoms with van der Waals surface area (Å²) < 4.78 is 39.8. The second-order valence-corrected chi connectivity index (χ2v) is 11.4. The maximum absolute atomic E-state index is 13.5. The van der Waals surface area contributed by atoms with Crippen molar-refractivity contribution < 1.29 is 22.7 Å². The van der Waals surface area contributed by atoms with Gasteiger partial charge in [0.1, 0.15) is 6.54 Å². The average molecular weight is 572 g/mol. The molecule has 0 radical (unpaired) electrons. The number of sulfonamides is 1. The van der Waals surface area contributed by atoms with Crippen LogP contribution in [-0.4, -0.2) is 63.6 Å². The number of nitrogens with zero attached hydrogens (tertiary/aromatic N) is 3. The average Bonchev–Trinajstić information content (AvgIpc) is 3.36. The highest BCUT2D eigenvalue weighted by atomic mass is 79.9. The van der Waals surface area contributed by atoms with Gasteiger partial charge in [-0.2, -0.15) is 0 Å². The molecule has 2 aliphatic rings. The van der Waals surface area contributed by atoms with Gasteiger partial charge in [-0.1, -0.05) is 46.3 Å². The van der Waals surface area contributed by atoms with Gasteiger partial charge in [-0.05, 0) is 48.0 Å². The number of carbonyl (C=O) groups excluding carboxylic acids is 1. The number of carbonyl (C=O) groups is 1. The number of piperazine rings is 1. The molecule has 0 aliphatic carbocycles. The van der Waals surface area contributed by atoms with Gasteiger partial charge in [0.15, 0.2) is 11.5 Å². The molecule has 3 aromatic carbocycles. The third-order valence-corrected chi connectivity index (χ3v) is 8.56. The fourth-order valence-corrected chi connectivity index (χ4v) is 6.16. The largest absolute Gasteiger partial charge is 0.454 e. The van der Waals surface area contributed by atoms with E-state index < -0.39 is 10.0 Å². The number of hydrogen-bond acceptors (Lipinski definition) is 6. The molecule has 1 amide bonds. The molecule has 2 heterocycles. The van der Waals surface area contributed by atoms with Crippen molar-refractivity contribution in [3.05, 3.63) is 82.8 Å². The van der Waals surface area contributed by atoms with Crippen molar-refractivity contribution in [1.29, 1.82) is 0 Å². The van der Waals surface area contributed by atoms with Crippen molar-refractivity contribution in [3.63, 3.8) is 0 Å². The van der Waals surface area contributed by atoms with Gasteiger partial charge in [0.2, 0.25) is 12.7 Å². The molecule has 188 valence electrons. The van der Waals surface area contributed by atoms with Crippen molar-refractivity contribution >= 4 is 37.5 Å². The quantitative estimate of drug-likeness (QED) is 0.430. The number of fused-ring (bicyclic) bond motifs is 1. The van der Waals surface area contributed by atoms with E-state index in [4.69, 9.17) is 9.47 Å². The zero-order valence-electron chi connectivity index (χ0n) is 19.5. The number of amides is 1. The Morgan fingerprint density at radius 1 is 0.889 bits per heavy atom. The Morgan fingerprint density at radius 3 is 2.39 bits per heavy atom. The Hall–Kier alpha value is -3.08. The van der Waals surface area contributed by atoms with Gasteiger partial charge in [-0.25, -0.2) is 8.42 Å². The topological polar surface area (TPSA) is 79.4 Å². The van der Waals surface area contributed by atoms with Gasteiger partial charge in [0, 0.05) is 37.2 Å². The van der Waals surface area contributed by atoms with Crippen molar-refractivity contribution in [1.82, 2.24) is 9.80 Å². The summed E-state index contributed by atoms with van der Waals surface area (Å²) in [6, 6.07) is 21.1. The van der Waals surface area contributed by atoms with Crippen LogP contribution < -0.4 is 13.8 Å². The lowest BCUT2D eigenvalue weighted by Crippen LogP contribution is -2.51. The monoisotopic (exact) mass is 571 g/mol. The number of hydrogen-bond donors (Lipinski definition) is 0. The first kappa shape index (κ1) is 24.6. The van der Waals surface area contributed by atoms with Crippen LogP contribution >= 0.6 is 15.9 Å². The minimum absolute atomic E-state index is 0.145. The summed E-state index contributed by atoms with van der Waals surface area (Å²) in [5.41, 5.74) is 1.55. The van der Waals surface area contributed by atoms with Gasteiger partial charge < -0.3 is 14.4 Å². The lowest BCUT2D eigenvalue weighted by Gasteiger charge is -2.36. The van der Waals surface area contributed by atoms with Crippen LogP contribution in [0.5, 0.6) is 11.5 Å². The molecule has 0 aromatic heterocycles. The maximum Gasteiger partial charge on any atom is 0.264 e. The van der Waals surface area contributed by atoms with E-state index in [0.717, 1.165) is 28.1 Å². The van der Waals surface area contributed by atoms with E-state index in [1.54, 1.807) is 53.4 Å². The molecule has 0 spiro atoms. The summed E-state index contributed by atoms with van der Waals surface area (Å²) >= 11 is 3.41. The fraction of sp³-hybridized carbons (Fsp3) is 0.269. The summed E-state index contributed by atoms with van der Waals surface area (Å²) in [4.78, 5) is 17.5. The molecule has 0 atom stereocenters. The molecule has 10 heteroatoms. The lowest BCUT2D eigenvalue weighted by atomic mass is 10.1. The summed E-state index contributed by atoms with van der Waals surface area (Å²) in [7, 11) is -3.93. The summed E-state index contributed by atoms with van der Waals surface area (Å²) in [6.07, 6.45) is 0. The molecule has 0 saturated carbocycles.